The van der Waals surface area contributed by atoms with Gasteiger partial charge in [-0.3, -0.25) is 0 Å². The molecule has 0 saturated carbocycles. The van der Waals surface area contributed by atoms with Gasteiger partial charge < -0.3 is 5.73 Å². The minimum Gasteiger partial charge on any atom is -0.398 e. The van der Waals surface area contributed by atoms with Gasteiger partial charge in [0.25, 0.3) is 0 Å². The monoisotopic (exact) mass is 208 g/mol. The van der Waals surface area contributed by atoms with Crippen LogP contribution in [-0.4, -0.2) is 4.98 Å². The highest BCUT2D eigenvalue weighted by Crippen LogP contribution is 2.27. The van der Waals surface area contributed by atoms with Crippen molar-refractivity contribution in [2.45, 2.75) is 13.8 Å². The van der Waals surface area contributed by atoms with Gasteiger partial charge in [0.15, 0.2) is 11.6 Å². The molecule has 0 amide bonds. The molecule has 2 rings (SSSR count). The number of pyridine rings is 1. The minimum atomic E-state index is -0.942. The Morgan fingerprint density at radius 3 is 2.53 bits per heavy atom. The van der Waals surface area contributed by atoms with Crippen molar-refractivity contribution in [3.05, 3.63) is 35.0 Å². The molecule has 78 valence electrons. The molecule has 0 fully saturated rings. The van der Waals surface area contributed by atoms with E-state index in [1.165, 1.54) is 6.07 Å². The summed E-state index contributed by atoms with van der Waals surface area (Å²) < 4.78 is 26.4. The Morgan fingerprint density at radius 2 is 1.87 bits per heavy atom. The average Bonchev–Trinajstić information content (AvgIpc) is 2.21. The van der Waals surface area contributed by atoms with E-state index in [1.54, 1.807) is 13.8 Å². The van der Waals surface area contributed by atoms with Crippen molar-refractivity contribution in [3.8, 4) is 0 Å². The van der Waals surface area contributed by atoms with Gasteiger partial charge in [-0.15, -0.1) is 0 Å². The van der Waals surface area contributed by atoms with Crippen molar-refractivity contribution in [3.63, 3.8) is 0 Å². The lowest BCUT2D eigenvalue weighted by Gasteiger charge is -2.08. The van der Waals surface area contributed by atoms with Crippen LogP contribution < -0.4 is 5.73 Å². The van der Waals surface area contributed by atoms with Gasteiger partial charge in [0, 0.05) is 16.8 Å². The van der Waals surface area contributed by atoms with E-state index in [0.717, 1.165) is 11.6 Å². The van der Waals surface area contributed by atoms with Crippen molar-refractivity contribution in [2.24, 2.45) is 0 Å². The molecule has 0 unspecified atom stereocenters. The maximum absolute atomic E-state index is 13.4. The molecule has 2 N–H and O–H groups in total. The summed E-state index contributed by atoms with van der Waals surface area (Å²) >= 11 is 0. The van der Waals surface area contributed by atoms with E-state index in [-0.39, 0.29) is 5.52 Å². The molecular weight excluding hydrogens is 198 g/mol. The summed E-state index contributed by atoms with van der Waals surface area (Å²) in [7, 11) is 0. The Balaban J connectivity index is 2.98. The Bertz CT molecular complexity index is 550. The third kappa shape index (κ3) is 1.33. The van der Waals surface area contributed by atoms with E-state index in [2.05, 4.69) is 4.98 Å². The zero-order valence-electron chi connectivity index (χ0n) is 8.44. The second kappa shape index (κ2) is 3.15. The van der Waals surface area contributed by atoms with Crippen LogP contribution in [-0.2, 0) is 0 Å². The van der Waals surface area contributed by atoms with Gasteiger partial charge in [-0.2, -0.15) is 0 Å². The molecule has 0 aliphatic carbocycles. The molecule has 0 aliphatic heterocycles. The number of hydrogen-bond donors (Lipinski definition) is 1. The smallest absolute Gasteiger partial charge is 0.185 e. The van der Waals surface area contributed by atoms with Crippen molar-refractivity contribution in [1.82, 2.24) is 4.98 Å². The van der Waals surface area contributed by atoms with Crippen LogP contribution in [0.4, 0.5) is 14.5 Å². The topological polar surface area (TPSA) is 38.9 Å². The first-order valence-corrected chi connectivity index (χ1v) is 4.52. The highest BCUT2D eigenvalue weighted by molar-refractivity contribution is 5.92. The molecule has 1 aromatic carbocycles. The summed E-state index contributed by atoms with van der Waals surface area (Å²) in [6.07, 6.45) is 0. The maximum Gasteiger partial charge on any atom is 0.185 e. The first kappa shape index (κ1) is 9.83. The summed E-state index contributed by atoms with van der Waals surface area (Å²) in [6.45, 7) is 3.52. The van der Waals surface area contributed by atoms with Crippen molar-refractivity contribution >= 4 is 16.6 Å². The molecule has 2 aromatic rings. The number of nitrogen functional groups attached to an aromatic ring is 1. The lowest BCUT2D eigenvalue weighted by atomic mass is 10.1. The molecule has 2 nitrogen and oxygen atoms in total. The number of anilines is 1. The normalized spacial score (nSPS) is 10.9. The van der Waals surface area contributed by atoms with Gasteiger partial charge >= 0.3 is 0 Å². The molecular formula is C11H10F2N2. The molecule has 0 bridgehead atoms. The first-order chi connectivity index (χ1) is 7.02. The number of fused-ring (bicyclic) bond motifs is 1. The summed E-state index contributed by atoms with van der Waals surface area (Å²) in [6, 6.07) is 2.51. The van der Waals surface area contributed by atoms with Crippen LogP contribution in [0.1, 0.15) is 11.3 Å². The Hall–Kier alpha value is -1.71. The summed E-state index contributed by atoms with van der Waals surface area (Å²) in [5.41, 5.74) is 7.67. The van der Waals surface area contributed by atoms with Crippen LogP contribution in [0, 0.1) is 25.5 Å². The zero-order chi connectivity index (χ0) is 11.2. The fourth-order valence-corrected chi connectivity index (χ4v) is 1.52. The van der Waals surface area contributed by atoms with Crippen LogP contribution in [0.15, 0.2) is 12.1 Å². The molecule has 0 aliphatic rings. The minimum absolute atomic E-state index is 0.00407. The van der Waals surface area contributed by atoms with Gasteiger partial charge in [-0.1, -0.05) is 0 Å². The number of aromatic nitrogens is 1. The largest absolute Gasteiger partial charge is 0.398 e. The SMILES string of the molecule is Cc1nc2c(F)c(F)ccc2c(N)c1C. The van der Waals surface area contributed by atoms with E-state index in [9.17, 15) is 8.78 Å². The fourth-order valence-electron chi connectivity index (χ4n) is 1.52. The van der Waals surface area contributed by atoms with Crippen LogP contribution in [0.5, 0.6) is 0 Å². The van der Waals surface area contributed by atoms with Gasteiger partial charge in [0.2, 0.25) is 0 Å². The highest BCUT2D eigenvalue weighted by Gasteiger charge is 2.13. The summed E-state index contributed by atoms with van der Waals surface area (Å²) in [5, 5.41) is 0.456. The van der Waals surface area contributed by atoms with Gasteiger partial charge in [0.1, 0.15) is 5.52 Å². The molecule has 0 saturated heterocycles. The predicted molar refractivity (Wildman–Crippen MR) is 55.5 cm³/mol. The average molecular weight is 208 g/mol. The van der Waals surface area contributed by atoms with Crippen molar-refractivity contribution < 1.29 is 8.78 Å². The van der Waals surface area contributed by atoms with E-state index in [1.807, 2.05) is 0 Å². The molecule has 1 heterocycles. The number of hydrogen-bond acceptors (Lipinski definition) is 2. The Labute approximate surface area is 85.7 Å². The Kier molecular flexibility index (Phi) is 2.07. The lowest BCUT2D eigenvalue weighted by Crippen LogP contribution is -2.00. The first-order valence-electron chi connectivity index (χ1n) is 4.52. The number of rotatable bonds is 0. The van der Waals surface area contributed by atoms with E-state index in [0.29, 0.717) is 16.8 Å². The van der Waals surface area contributed by atoms with Crippen LogP contribution in [0.25, 0.3) is 10.9 Å². The fraction of sp³-hybridized carbons (Fsp3) is 0.182. The van der Waals surface area contributed by atoms with E-state index < -0.39 is 11.6 Å². The van der Waals surface area contributed by atoms with Gasteiger partial charge in [-0.05, 0) is 31.5 Å². The highest BCUT2D eigenvalue weighted by atomic mass is 19.2. The zero-order valence-corrected chi connectivity index (χ0v) is 8.44. The maximum atomic E-state index is 13.4. The van der Waals surface area contributed by atoms with Crippen LogP contribution in [0.3, 0.4) is 0 Å². The van der Waals surface area contributed by atoms with E-state index in [4.69, 9.17) is 5.73 Å². The molecule has 15 heavy (non-hydrogen) atoms. The van der Waals surface area contributed by atoms with Crippen molar-refractivity contribution in [2.75, 3.05) is 5.73 Å². The second-order valence-electron chi connectivity index (χ2n) is 3.49. The number of nitrogens with zero attached hydrogens (tertiary/aromatic N) is 1. The van der Waals surface area contributed by atoms with Crippen molar-refractivity contribution in [1.29, 1.82) is 0 Å². The van der Waals surface area contributed by atoms with Gasteiger partial charge in [0.05, 0.1) is 0 Å². The second-order valence-corrected chi connectivity index (χ2v) is 3.49. The van der Waals surface area contributed by atoms with E-state index >= 15 is 0 Å². The van der Waals surface area contributed by atoms with Gasteiger partial charge in [-0.25, -0.2) is 13.8 Å². The van der Waals surface area contributed by atoms with Crippen LogP contribution in [0.2, 0.25) is 0 Å². The number of aryl methyl sites for hydroxylation is 1. The predicted octanol–water partition coefficient (Wildman–Crippen LogP) is 2.71. The Morgan fingerprint density at radius 1 is 1.20 bits per heavy atom. The number of benzene rings is 1. The standard InChI is InChI=1S/C11H10F2N2/c1-5-6(2)15-11-7(10(5)14)3-4-8(12)9(11)13/h3-4H,1-2H3,(H2,14,15). The summed E-state index contributed by atoms with van der Waals surface area (Å²) in [4.78, 5) is 4.00. The molecule has 1 aromatic heterocycles. The molecule has 0 radical (unpaired) electrons. The molecule has 0 spiro atoms. The lowest BCUT2D eigenvalue weighted by molar-refractivity contribution is 0.515. The summed E-state index contributed by atoms with van der Waals surface area (Å²) in [5.74, 6) is -1.85. The number of halogens is 2. The molecule has 0 atom stereocenters. The third-order valence-corrected chi connectivity index (χ3v) is 2.59. The quantitative estimate of drug-likeness (QED) is 0.722. The number of nitrogens with two attached hydrogens (primary N) is 1. The third-order valence-electron chi connectivity index (χ3n) is 2.59. The van der Waals surface area contributed by atoms with Crippen LogP contribution >= 0.6 is 0 Å². The molecule has 4 heteroatoms.